The first-order valence-corrected chi connectivity index (χ1v) is 8.92. The van der Waals surface area contributed by atoms with Crippen molar-refractivity contribution in [1.29, 1.82) is 0 Å². The van der Waals surface area contributed by atoms with E-state index in [0.717, 1.165) is 11.1 Å². The number of anilines is 1. The van der Waals surface area contributed by atoms with Gasteiger partial charge in [0.25, 0.3) is 0 Å². The van der Waals surface area contributed by atoms with Crippen LogP contribution < -0.4 is 14.8 Å². The molecule has 27 heavy (non-hydrogen) atoms. The lowest BCUT2D eigenvalue weighted by molar-refractivity contribution is -0.117. The number of aromatic nitrogens is 1. The molecule has 1 atom stereocenters. The number of hydrogen-bond donors (Lipinski definition) is 1. The maximum Gasteiger partial charge on any atom is 0.232 e. The van der Waals surface area contributed by atoms with E-state index in [1.165, 1.54) is 0 Å². The average molecular weight is 381 g/mol. The van der Waals surface area contributed by atoms with Gasteiger partial charge in [-0.2, -0.15) is 0 Å². The van der Waals surface area contributed by atoms with Gasteiger partial charge in [0.2, 0.25) is 12.7 Å². The van der Waals surface area contributed by atoms with E-state index < -0.39 is 0 Å². The third-order valence-electron chi connectivity index (χ3n) is 4.42. The van der Waals surface area contributed by atoms with Crippen LogP contribution >= 0.6 is 11.6 Å². The Morgan fingerprint density at radius 2 is 1.78 bits per heavy atom. The number of carbonyl (C=O) groups excluding carboxylic acids is 1. The molecule has 1 amide bonds. The van der Waals surface area contributed by atoms with E-state index in [1.54, 1.807) is 42.7 Å². The van der Waals surface area contributed by atoms with Gasteiger partial charge >= 0.3 is 0 Å². The van der Waals surface area contributed by atoms with Crippen LogP contribution in [0.3, 0.4) is 0 Å². The molecule has 1 unspecified atom stereocenters. The number of amides is 1. The van der Waals surface area contributed by atoms with Crippen LogP contribution in [0.25, 0.3) is 0 Å². The van der Waals surface area contributed by atoms with E-state index in [2.05, 4.69) is 10.3 Å². The number of carbonyl (C=O) groups is 1. The number of benzene rings is 2. The Labute approximate surface area is 161 Å². The highest BCUT2D eigenvalue weighted by Gasteiger charge is 2.22. The minimum absolute atomic E-state index is 0.104. The van der Waals surface area contributed by atoms with Crippen LogP contribution in [-0.2, 0) is 11.2 Å². The minimum atomic E-state index is -0.366. The lowest BCUT2D eigenvalue weighted by atomic mass is 9.91. The topological polar surface area (TPSA) is 60.5 Å². The molecular formula is C21H17ClN2O3. The monoisotopic (exact) mass is 380 g/mol. The molecule has 4 rings (SSSR count). The highest BCUT2D eigenvalue weighted by molar-refractivity contribution is 6.30. The zero-order chi connectivity index (χ0) is 18.6. The summed E-state index contributed by atoms with van der Waals surface area (Å²) < 4.78 is 10.7. The Morgan fingerprint density at radius 1 is 1.04 bits per heavy atom. The number of hydrogen-bond acceptors (Lipinski definition) is 4. The molecule has 0 bridgehead atoms. The molecule has 0 saturated heterocycles. The Hall–Kier alpha value is -3.05. The summed E-state index contributed by atoms with van der Waals surface area (Å²) in [5.41, 5.74) is 2.60. The summed E-state index contributed by atoms with van der Waals surface area (Å²) >= 11 is 6.01. The summed E-state index contributed by atoms with van der Waals surface area (Å²) in [4.78, 5) is 17.1. The van der Waals surface area contributed by atoms with Crippen LogP contribution in [0.5, 0.6) is 11.5 Å². The maximum absolute atomic E-state index is 13.1. The standard InChI is InChI=1S/C21H17ClN2O3/c22-16-3-1-15(2-4-16)18(11-14-7-9-23-10-8-14)21(25)24-17-5-6-19-20(12-17)27-13-26-19/h1-10,12,18H,11,13H2,(H,24,25). The van der Waals surface area contributed by atoms with Gasteiger partial charge in [-0.25, -0.2) is 0 Å². The summed E-state index contributed by atoms with van der Waals surface area (Å²) in [5, 5.41) is 3.62. The van der Waals surface area contributed by atoms with Crippen molar-refractivity contribution in [3.8, 4) is 11.5 Å². The van der Waals surface area contributed by atoms with Gasteiger partial charge in [-0.15, -0.1) is 0 Å². The fourth-order valence-electron chi connectivity index (χ4n) is 3.02. The largest absolute Gasteiger partial charge is 0.454 e. The predicted octanol–water partition coefficient (Wildman–Crippen LogP) is 4.43. The Morgan fingerprint density at radius 3 is 2.56 bits per heavy atom. The molecule has 0 fully saturated rings. The first kappa shape index (κ1) is 17.4. The lowest BCUT2D eigenvalue weighted by Crippen LogP contribution is -2.23. The first-order chi connectivity index (χ1) is 13.2. The van der Waals surface area contributed by atoms with Crippen molar-refractivity contribution < 1.29 is 14.3 Å². The van der Waals surface area contributed by atoms with Crippen molar-refractivity contribution in [1.82, 2.24) is 4.98 Å². The highest BCUT2D eigenvalue weighted by Crippen LogP contribution is 2.34. The second kappa shape index (κ2) is 7.68. The van der Waals surface area contributed by atoms with Gasteiger partial charge in [-0.3, -0.25) is 9.78 Å². The Balaban J connectivity index is 1.59. The van der Waals surface area contributed by atoms with Gasteiger partial charge in [0.1, 0.15) is 0 Å². The third-order valence-corrected chi connectivity index (χ3v) is 4.67. The van der Waals surface area contributed by atoms with E-state index in [1.807, 2.05) is 24.3 Å². The quantitative estimate of drug-likeness (QED) is 0.711. The summed E-state index contributed by atoms with van der Waals surface area (Å²) in [6.45, 7) is 0.197. The molecule has 1 aliphatic heterocycles. The van der Waals surface area contributed by atoms with Crippen molar-refractivity contribution in [2.75, 3.05) is 12.1 Å². The fourth-order valence-corrected chi connectivity index (χ4v) is 3.14. The van der Waals surface area contributed by atoms with Crippen molar-refractivity contribution >= 4 is 23.2 Å². The average Bonchev–Trinajstić information content (AvgIpc) is 3.15. The van der Waals surface area contributed by atoms with Crippen molar-refractivity contribution in [3.05, 3.63) is 83.1 Å². The molecule has 2 heterocycles. The molecular weight excluding hydrogens is 364 g/mol. The highest BCUT2D eigenvalue weighted by atomic mass is 35.5. The van der Waals surface area contributed by atoms with Gasteiger partial charge in [-0.1, -0.05) is 23.7 Å². The van der Waals surface area contributed by atoms with Crippen LogP contribution in [0.15, 0.2) is 67.0 Å². The number of fused-ring (bicyclic) bond motifs is 1. The van der Waals surface area contributed by atoms with Crippen LogP contribution in [0.4, 0.5) is 5.69 Å². The second-order valence-corrected chi connectivity index (χ2v) is 6.66. The smallest absolute Gasteiger partial charge is 0.232 e. The molecule has 0 radical (unpaired) electrons. The third kappa shape index (κ3) is 4.04. The molecule has 0 saturated carbocycles. The summed E-state index contributed by atoms with van der Waals surface area (Å²) in [7, 11) is 0. The molecule has 1 N–H and O–H groups in total. The minimum Gasteiger partial charge on any atom is -0.454 e. The van der Waals surface area contributed by atoms with E-state index in [0.29, 0.717) is 28.6 Å². The number of rotatable bonds is 5. The van der Waals surface area contributed by atoms with Crippen molar-refractivity contribution in [3.63, 3.8) is 0 Å². The molecule has 2 aromatic carbocycles. The molecule has 3 aromatic rings. The maximum atomic E-state index is 13.1. The molecule has 0 aliphatic carbocycles. The SMILES string of the molecule is O=C(Nc1ccc2c(c1)OCO2)C(Cc1ccncc1)c1ccc(Cl)cc1. The fraction of sp³-hybridized carbons (Fsp3) is 0.143. The molecule has 6 heteroatoms. The second-order valence-electron chi connectivity index (χ2n) is 6.22. The molecule has 5 nitrogen and oxygen atoms in total. The Bertz CT molecular complexity index is 945. The van der Waals surface area contributed by atoms with Gasteiger partial charge in [0.05, 0.1) is 5.92 Å². The van der Waals surface area contributed by atoms with E-state index in [9.17, 15) is 4.79 Å². The van der Waals surface area contributed by atoms with Crippen molar-refractivity contribution in [2.45, 2.75) is 12.3 Å². The summed E-state index contributed by atoms with van der Waals surface area (Å²) in [6, 6.07) is 16.5. The number of nitrogens with one attached hydrogen (secondary N) is 1. The number of halogens is 1. The predicted molar refractivity (Wildman–Crippen MR) is 103 cm³/mol. The van der Waals surface area contributed by atoms with E-state index in [-0.39, 0.29) is 18.6 Å². The van der Waals surface area contributed by atoms with Crippen LogP contribution in [0.1, 0.15) is 17.0 Å². The first-order valence-electron chi connectivity index (χ1n) is 8.54. The zero-order valence-electron chi connectivity index (χ0n) is 14.4. The molecule has 1 aliphatic rings. The molecule has 0 spiro atoms. The lowest BCUT2D eigenvalue weighted by Gasteiger charge is -2.18. The molecule has 1 aromatic heterocycles. The summed E-state index contributed by atoms with van der Waals surface area (Å²) in [5.74, 6) is 0.840. The van der Waals surface area contributed by atoms with Crippen LogP contribution in [0.2, 0.25) is 5.02 Å². The van der Waals surface area contributed by atoms with E-state index in [4.69, 9.17) is 21.1 Å². The van der Waals surface area contributed by atoms with Crippen molar-refractivity contribution in [2.24, 2.45) is 0 Å². The molecule has 136 valence electrons. The Kier molecular flexibility index (Phi) is 4.94. The van der Waals surface area contributed by atoms with Gasteiger partial charge in [0, 0.05) is 29.2 Å². The van der Waals surface area contributed by atoms with Gasteiger partial charge in [0.15, 0.2) is 11.5 Å². The normalized spacial score (nSPS) is 13.2. The summed E-state index contributed by atoms with van der Waals surface area (Å²) in [6.07, 6.45) is 4.01. The number of pyridine rings is 1. The van der Waals surface area contributed by atoms with Crippen LogP contribution in [-0.4, -0.2) is 17.7 Å². The zero-order valence-corrected chi connectivity index (χ0v) is 15.1. The van der Waals surface area contributed by atoms with Gasteiger partial charge in [-0.05, 0) is 53.9 Å². The van der Waals surface area contributed by atoms with Gasteiger partial charge < -0.3 is 14.8 Å². The van der Waals surface area contributed by atoms with Crippen LogP contribution in [0, 0.1) is 0 Å². The van der Waals surface area contributed by atoms with E-state index >= 15 is 0 Å². The number of ether oxygens (including phenoxy) is 2. The number of nitrogens with zero attached hydrogens (tertiary/aromatic N) is 1.